The molecule has 1 saturated heterocycles. The zero-order valence-corrected chi connectivity index (χ0v) is 39.1. The molecule has 10 heteroatoms. The van der Waals surface area contributed by atoms with Gasteiger partial charge in [0.2, 0.25) is 0 Å². The van der Waals surface area contributed by atoms with Crippen molar-refractivity contribution in [1.29, 1.82) is 0 Å². The number of hydrogen-bond acceptors (Lipinski definition) is 10. The number of ether oxygens (including phenoxy) is 6. The van der Waals surface area contributed by atoms with Crippen molar-refractivity contribution >= 4 is 18.1 Å². The van der Waals surface area contributed by atoms with Crippen molar-refractivity contribution in [2.75, 3.05) is 52.7 Å². The Morgan fingerprint density at radius 1 is 0.550 bits per heavy atom. The molecule has 60 heavy (non-hydrogen) atoms. The minimum atomic E-state index is -0.967. The first kappa shape index (κ1) is 55.6. The van der Waals surface area contributed by atoms with Gasteiger partial charge in [-0.2, -0.15) is 0 Å². The first-order chi connectivity index (χ1) is 29.4. The molecule has 0 radical (unpaired) electrons. The third kappa shape index (κ3) is 33.2. The first-order valence-electron chi connectivity index (χ1n) is 24.9. The molecule has 350 valence electrons. The fourth-order valence-corrected chi connectivity index (χ4v) is 7.30. The maximum absolute atomic E-state index is 13.6. The van der Waals surface area contributed by atoms with Crippen LogP contribution in [-0.2, 0) is 38.0 Å². The molecule has 0 aliphatic carbocycles. The molecule has 1 fully saturated rings. The van der Waals surface area contributed by atoms with Gasteiger partial charge in [-0.25, -0.2) is 4.79 Å². The molecule has 0 aromatic rings. The molecule has 0 bridgehead atoms. The molecule has 0 aromatic carbocycles. The highest BCUT2D eigenvalue weighted by Gasteiger charge is 2.34. The maximum atomic E-state index is 13.6. The number of nitrogens with zero attached hydrogens (tertiary/aromatic N) is 1. The Kier molecular flexibility index (Phi) is 38.8. The minimum Gasteiger partial charge on any atom is -0.465 e. The summed E-state index contributed by atoms with van der Waals surface area (Å²) in [5.41, 5.74) is 0. The van der Waals surface area contributed by atoms with Crippen LogP contribution in [0, 0.1) is 5.92 Å². The number of hydrogen-bond donors (Lipinski definition) is 0. The summed E-state index contributed by atoms with van der Waals surface area (Å²) in [7, 11) is 0. The topological polar surface area (TPSA) is 110 Å². The third-order valence-corrected chi connectivity index (χ3v) is 11.0. The highest BCUT2D eigenvalue weighted by molar-refractivity contribution is 5.75. The van der Waals surface area contributed by atoms with Gasteiger partial charge in [0.15, 0.2) is 6.29 Å². The fourth-order valence-electron chi connectivity index (χ4n) is 7.30. The van der Waals surface area contributed by atoms with Crippen LogP contribution >= 0.6 is 0 Å². The normalized spacial score (nSPS) is 14.3. The van der Waals surface area contributed by atoms with Crippen LogP contribution in [0.15, 0.2) is 24.3 Å². The second-order valence-corrected chi connectivity index (χ2v) is 16.7. The van der Waals surface area contributed by atoms with Crippen LogP contribution in [0.2, 0.25) is 0 Å². The first-order valence-corrected chi connectivity index (χ1v) is 24.9. The summed E-state index contributed by atoms with van der Waals surface area (Å²) in [6, 6.07) is 0. The van der Waals surface area contributed by atoms with Crippen molar-refractivity contribution in [3.63, 3.8) is 0 Å². The molecule has 1 heterocycles. The van der Waals surface area contributed by atoms with Gasteiger partial charge in [-0.1, -0.05) is 135 Å². The molecule has 2 atom stereocenters. The summed E-state index contributed by atoms with van der Waals surface area (Å²) in [6.45, 7) is 13.0. The molecule has 0 amide bonds. The highest BCUT2D eigenvalue weighted by atomic mass is 16.7. The molecule has 1 aliphatic rings. The molecule has 1 aliphatic heterocycles. The van der Waals surface area contributed by atoms with Crippen molar-refractivity contribution in [2.24, 2.45) is 5.92 Å². The maximum Gasteiger partial charge on any atom is 0.508 e. The SMILES string of the molecule is CCCCC/C=C\C/C=C\CCCCCC(OC(=O)CCC(OCCCCCCCC)OCCCCCCCC)C(COC(=O)OCCCN1CCCC1)C(=O)OCCC. The average molecular weight is 850 g/mol. The summed E-state index contributed by atoms with van der Waals surface area (Å²) < 4.78 is 34.9. The smallest absolute Gasteiger partial charge is 0.465 e. The highest BCUT2D eigenvalue weighted by Crippen LogP contribution is 2.22. The Morgan fingerprint density at radius 2 is 1.12 bits per heavy atom. The van der Waals surface area contributed by atoms with E-state index < -0.39 is 36.4 Å². The second kappa shape index (κ2) is 41.9. The van der Waals surface area contributed by atoms with Gasteiger partial charge < -0.3 is 33.3 Å². The molecule has 1 rings (SSSR count). The van der Waals surface area contributed by atoms with E-state index in [1.165, 1.54) is 83.5 Å². The largest absolute Gasteiger partial charge is 0.508 e. The van der Waals surface area contributed by atoms with Gasteiger partial charge in [0.1, 0.15) is 18.6 Å². The van der Waals surface area contributed by atoms with E-state index in [-0.39, 0.29) is 26.2 Å². The van der Waals surface area contributed by atoms with Gasteiger partial charge in [-0.05, 0) is 96.6 Å². The van der Waals surface area contributed by atoms with Gasteiger partial charge in [0, 0.05) is 26.2 Å². The lowest BCUT2D eigenvalue weighted by molar-refractivity contribution is -0.170. The molecule has 2 unspecified atom stereocenters. The molecule has 0 saturated carbocycles. The molecule has 0 spiro atoms. The van der Waals surface area contributed by atoms with E-state index in [0.29, 0.717) is 38.9 Å². The van der Waals surface area contributed by atoms with Gasteiger partial charge in [0.25, 0.3) is 0 Å². The summed E-state index contributed by atoms with van der Waals surface area (Å²) in [5, 5.41) is 0. The number of carbonyl (C=O) groups excluding carboxylic acids is 3. The number of carbonyl (C=O) groups is 3. The standard InChI is InChI=1S/C50H91NO9/c1-5-9-12-15-18-19-20-21-22-23-24-25-28-34-46(45(49(53)57-40-8-4)44-59-50(54)58-43-33-39-51-37-29-30-38-51)60-47(52)35-36-48(55-41-31-26-16-13-10-6-2)56-42-32-27-17-14-11-7-3/h18-19,21-22,45-46,48H,5-17,20,23-44H2,1-4H3/b19-18-,22-21-. The predicted octanol–water partition coefficient (Wildman–Crippen LogP) is 13.0. The number of likely N-dealkylation sites (tertiary alicyclic amines) is 1. The molecule has 10 nitrogen and oxygen atoms in total. The predicted molar refractivity (Wildman–Crippen MR) is 244 cm³/mol. The quantitative estimate of drug-likeness (QED) is 0.0194. The Morgan fingerprint density at radius 3 is 1.73 bits per heavy atom. The number of esters is 2. The van der Waals surface area contributed by atoms with Crippen LogP contribution in [0.4, 0.5) is 4.79 Å². The van der Waals surface area contributed by atoms with E-state index in [1.807, 2.05) is 6.92 Å². The lowest BCUT2D eigenvalue weighted by atomic mass is 9.97. The number of rotatable bonds is 42. The average Bonchev–Trinajstić information content (AvgIpc) is 3.78. The summed E-state index contributed by atoms with van der Waals surface area (Å²) in [4.78, 5) is 42.1. The van der Waals surface area contributed by atoms with Crippen LogP contribution in [0.5, 0.6) is 0 Å². The van der Waals surface area contributed by atoms with Crippen LogP contribution in [-0.4, -0.2) is 88.1 Å². The summed E-state index contributed by atoms with van der Waals surface area (Å²) in [6.07, 6.45) is 34.9. The van der Waals surface area contributed by atoms with Crippen molar-refractivity contribution in [3.8, 4) is 0 Å². The fraction of sp³-hybridized carbons (Fsp3) is 0.860. The van der Waals surface area contributed by atoms with E-state index >= 15 is 0 Å². The van der Waals surface area contributed by atoms with E-state index in [4.69, 9.17) is 28.4 Å². The number of unbranched alkanes of at least 4 members (excludes halogenated alkanes) is 16. The molecular formula is C50H91NO9. The van der Waals surface area contributed by atoms with Gasteiger partial charge in [-0.3, -0.25) is 9.59 Å². The van der Waals surface area contributed by atoms with Gasteiger partial charge in [0.05, 0.1) is 19.6 Å². The lowest BCUT2D eigenvalue weighted by Gasteiger charge is -2.26. The molecular weight excluding hydrogens is 759 g/mol. The van der Waals surface area contributed by atoms with Crippen molar-refractivity contribution in [1.82, 2.24) is 4.90 Å². The summed E-state index contributed by atoms with van der Waals surface area (Å²) >= 11 is 0. The van der Waals surface area contributed by atoms with Crippen molar-refractivity contribution in [2.45, 2.75) is 220 Å². The van der Waals surface area contributed by atoms with Crippen molar-refractivity contribution < 1.29 is 42.8 Å². The second-order valence-electron chi connectivity index (χ2n) is 16.7. The number of allylic oxidation sites excluding steroid dienone is 4. The van der Waals surface area contributed by atoms with Gasteiger partial charge in [-0.15, -0.1) is 0 Å². The minimum absolute atomic E-state index is 0.0860. The molecule has 0 aromatic heterocycles. The Balaban J connectivity index is 2.89. The lowest BCUT2D eigenvalue weighted by Crippen LogP contribution is -2.38. The monoisotopic (exact) mass is 850 g/mol. The Labute approximate surface area is 367 Å². The van der Waals surface area contributed by atoms with E-state index in [1.54, 1.807) is 0 Å². The van der Waals surface area contributed by atoms with E-state index in [9.17, 15) is 14.4 Å². The summed E-state index contributed by atoms with van der Waals surface area (Å²) in [5.74, 6) is -1.94. The zero-order valence-electron chi connectivity index (χ0n) is 39.1. The van der Waals surface area contributed by atoms with Crippen molar-refractivity contribution in [3.05, 3.63) is 24.3 Å². The van der Waals surface area contributed by atoms with Gasteiger partial charge >= 0.3 is 18.1 Å². The Hall–Kier alpha value is -2.43. The van der Waals surface area contributed by atoms with E-state index in [0.717, 1.165) is 83.8 Å². The van der Waals surface area contributed by atoms with E-state index in [2.05, 4.69) is 50.0 Å². The molecule has 0 N–H and O–H groups in total. The van der Waals surface area contributed by atoms with Crippen LogP contribution in [0.25, 0.3) is 0 Å². The Bertz CT molecular complexity index is 1040. The van der Waals surface area contributed by atoms with Crippen LogP contribution in [0.1, 0.15) is 207 Å². The zero-order chi connectivity index (χ0) is 43.6. The third-order valence-electron chi connectivity index (χ3n) is 11.0. The van der Waals surface area contributed by atoms with Crippen LogP contribution < -0.4 is 0 Å². The van der Waals surface area contributed by atoms with Crippen LogP contribution in [0.3, 0.4) is 0 Å².